The molecule has 1 fully saturated rings. The number of β-amino-alcohol motifs (C(OH)–C–C–N with tert-alkyl or cyclic N) is 1. The third kappa shape index (κ3) is 5.92. The number of aliphatic hydroxyl groups excluding tert-OH is 1. The van der Waals surface area contributed by atoms with Crippen molar-refractivity contribution < 1.29 is 9.84 Å². The van der Waals surface area contributed by atoms with E-state index in [4.69, 9.17) is 16.4 Å². The van der Waals surface area contributed by atoms with Crippen molar-refractivity contribution in [1.29, 1.82) is 5.26 Å². The van der Waals surface area contributed by atoms with Crippen molar-refractivity contribution in [3.63, 3.8) is 0 Å². The summed E-state index contributed by atoms with van der Waals surface area (Å²) in [6.07, 6.45) is 5.55. The maximum absolute atomic E-state index is 10.1. The van der Waals surface area contributed by atoms with E-state index in [0.717, 1.165) is 39.1 Å². The standard InChI is InChI=1S/C18H23N3O2/c1-2-3-8-20-9-11-21(12-10-20)14-17(22)15-23-18-6-4-16(13-19)5-7-18/h1,4-7,17,22H,3,8-12,14-15H2. The normalized spacial score (nSPS) is 17.2. The molecule has 5 nitrogen and oxygen atoms in total. The van der Waals surface area contributed by atoms with E-state index in [9.17, 15) is 5.11 Å². The van der Waals surface area contributed by atoms with E-state index in [-0.39, 0.29) is 6.61 Å². The molecule has 1 heterocycles. The summed E-state index contributed by atoms with van der Waals surface area (Å²) in [7, 11) is 0. The fraction of sp³-hybridized carbons (Fsp3) is 0.500. The Balaban J connectivity index is 1.66. The van der Waals surface area contributed by atoms with Crippen LogP contribution in [0.15, 0.2) is 24.3 Å². The minimum absolute atomic E-state index is 0.253. The Bertz CT molecular complexity index is 551. The molecular formula is C18H23N3O2. The van der Waals surface area contributed by atoms with Crippen molar-refractivity contribution >= 4 is 0 Å². The Kier molecular flexibility index (Phi) is 6.90. The van der Waals surface area contributed by atoms with Crippen LogP contribution in [0.4, 0.5) is 0 Å². The molecule has 0 aliphatic carbocycles. The number of nitriles is 1. The lowest BCUT2D eigenvalue weighted by molar-refractivity contribution is 0.0465. The third-order valence-corrected chi connectivity index (χ3v) is 3.93. The minimum Gasteiger partial charge on any atom is -0.491 e. The number of benzene rings is 1. The number of ether oxygens (including phenoxy) is 1. The van der Waals surface area contributed by atoms with Crippen LogP contribution in [0.5, 0.6) is 5.75 Å². The van der Waals surface area contributed by atoms with Crippen molar-refractivity contribution in [2.24, 2.45) is 0 Å². The van der Waals surface area contributed by atoms with Crippen molar-refractivity contribution in [3.05, 3.63) is 29.8 Å². The average molecular weight is 313 g/mol. The number of aliphatic hydroxyl groups is 1. The largest absolute Gasteiger partial charge is 0.491 e. The van der Waals surface area contributed by atoms with Crippen LogP contribution in [-0.2, 0) is 0 Å². The van der Waals surface area contributed by atoms with Crippen LogP contribution in [0.2, 0.25) is 0 Å². The van der Waals surface area contributed by atoms with Crippen molar-refractivity contribution in [3.8, 4) is 24.2 Å². The molecule has 1 aliphatic rings. The molecule has 1 aromatic carbocycles. The SMILES string of the molecule is C#CCCN1CCN(CC(O)COc2ccc(C#N)cc2)CC1. The highest BCUT2D eigenvalue weighted by atomic mass is 16.5. The fourth-order valence-corrected chi connectivity index (χ4v) is 2.59. The molecule has 0 saturated carbocycles. The van der Waals surface area contributed by atoms with E-state index in [1.807, 2.05) is 0 Å². The maximum Gasteiger partial charge on any atom is 0.119 e. The second-order valence-electron chi connectivity index (χ2n) is 5.70. The summed E-state index contributed by atoms with van der Waals surface area (Å²) in [4.78, 5) is 4.61. The smallest absolute Gasteiger partial charge is 0.119 e. The number of rotatable bonds is 7. The Morgan fingerprint density at radius 3 is 2.43 bits per heavy atom. The molecule has 0 bridgehead atoms. The molecular weight excluding hydrogens is 290 g/mol. The van der Waals surface area contributed by atoms with Gasteiger partial charge in [0.15, 0.2) is 0 Å². The number of piperazine rings is 1. The number of terminal acetylenes is 1. The van der Waals surface area contributed by atoms with Crippen molar-refractivity contribution in [2.75, 3.05) is 45.9 Å². The lowest BCUT2D eigenvalue weighted by Crippen LogP contribution is -2.49. The summed E-state index contributed by atoms with van der Waals surface area (Å²) in [6.45, 7) is 5.68. The first-order chi connectivity index (χ1) is 11.2. The molecule has 1 saturated heterocycles. The second kappa shape index (κ2) is 9.17. The first kappa shape index (κ1) is 17.3. The number of hydrogen-bond acceptors (Lipinski definition) is 5. The van der Waals surface area contributed by atoms with Crippen LogP contribution < -0.4 is 4.74 Å². The molecule has 1 N–H and O–H groups in total. The molecule has 1 unspecified atom stereocenters. The van der Waals surface area contributed by atoms with E-state index in [2.05, 4.69) is 21.8 Å². The second-order valence-corrected chi connectivity index (χ2v) is 5.70. The van der Waals surface area contributed by atoms with Gasteiger partial charge in [-0.2, -0.15) is 5.26 Å². The Hall–Kier alpha value is -2.05. The molecule has 1 atom stereocenters. The van der Waals surface area contributed by atoms with E-state index >= 15 is 0 Å². The monoisotopic (exact) mass is 313 g/mol. The van der Waals surface area contributed by atoms with Gasteiger partial charge in [-0.3, -0.25) is 9.80 Å². The zero-order valence-corrected chi connectivity index (χ0v) is 13.3. The van der Waals surface area contributed by atoms with Gasteiger partial charge in [0.25, 0.3) is 0 Å². The minimum atomic E-state index is -0.525. The number of hydrogen-bond donors (Lipinski definition) is 1. The van der Waals surface area contributed by atoms with Gasteiger partial charge in [-0.05, 0) is 24.3 Å². The molecule has 0 radical (unpaired) electrons. The fourth-order valence-electron chi connectivity index (χ4n) is 2.59. The molecule has 1 aromatic rings. The third-order valence-electron chi connectivity index (χ3n) is 3.93. The zero-order valence-electron chi connectivity index (χ0n) is 13.3. The van der Waals surface area contributed by atoms with Gasteiger partial charge < -0.3 is 9.84 Å². The molecule has 1 aliphatic heterocycles. The molecule has 0 spiro atoms. The van der Waals surface area contributed by atoms with Gasteiger partial charge >= 0.3 is 0 Å². The molecule has 23 heavy (non-hydrogen) atoms. The van der Waals surface area contributed by atoms with Crippen LogP contribution in [0, 0.1) is 23.7 Å². The highest BCUT2D eigenvalue weighted by Crippen LogP contribution is 2.12. The molecule has 122 valence electrons. The predicted octanol–water partition coefficient (Wildman–Crippen LogP) is 0.939. The highest BCUT2D eigenvalue weighted by molar-refractivity contribution is 5.34. The summed E-state index contributed by atoms with van der Waals surface area (Å²) in [6, 6.07) is 8.97. The van der Waals surface area contributed by atoms with E-state index in [1.54, 1.807) is 24.3 Å². The van der Waals surface area contributed by atoms with Gasteiger partial charge in [0, 0.05) is 45.7 Å². The predicted molar refractivity (Wildman–Crippen MR) is 89.0 cm³/mol. The first-order valence-corrected chi connectivity index (χ1v) is 7.90. The molecule has 5 heteroatoms. The zero-order chi connectivity index (χ0) is 16.5. The first-order valence-electron chi connectivity index (χ1n) is 7.90. The topological polar surface area (TPSA) is 59.7 Å². The highest BCUT2D eigenvalue weighted by Gasteiger charge is 2.19. The molecule has 2 rings (SSSR count). The Morgan fingerprint density at radius 1 is 1.17 bits per heavy atom. The van der Waals surface area contributed by atoms with E-state index in [0.29, 0.717) is 17.9 Å². The Morgan fingerprint density at radius 2 is 1.83 bits per heavy atom. The van der Waals surface area contributed by atoms with Crippen LogP contribution in [0.1, 0.15) is 12.0 Å². The molecule has 0 aromatic heterocycles. The summed E-state index contributed by atoms with van der Waals surface area (Å²) in [5, 5.41) is 18.9. The van der Waals surface area contributed by atoms with Crippen molar-refractivity contribution in [2.45, 2.75) is 12.5 Å². The van der Waals surface area contributed by atoms with Gasteiger partial charge in [0.2, 0.25) is 0 Å². The van der Waals surface area contributed by atoms with Crippen molar-refractivity contribution in [1.82, 2.24) is 9.80 Å². The Labute approximate surface area is 138 Å². The van der Waals surface area contributed by atoms with Gasteiger partial charge in [-0.15, -0.1) is 12.3 Å². The average Bonchev–Trinajstić information content (AvgIpc) is 2.60. The number of nitrogens with zero attached hydrogens (tertiary/aromatic N) is 3. The van der Waals surface area contributed by atoms with Gasteiger partial charge in [-0.1, -0.05) is 0 Å². The van der Waals surface area contributed by atoms with Crippen LogP contribution in [0.25, 0.3) is 0 Å². The van der Waals surface area contributed by atoms with Crippen LogP contribution in [-0.4, -0.2) is 66.9 Å². The van der Waals surface area contributed by atoms with Crippen LogP contribution in [0.3, 0.4) is 0 Å². The van der Waals surface area contributed by atoms with Crippen LogP contribution >= 0.6 is 0 Å². The lowest BCUT2D eigenvalue weighted by atomic mass is 10.2. The van der Waals surface area contributed by atoms with Gasteiger partial charge in [-0.25, -0.2) is 0 Å². The van der Waals surface area contributed by atoms with E-state index < -0.39 is 6.10 Å². The van der Waals surface area contributed by atoms with Gasteiger partial charge in [0.05, 0.1) is 11.6 Å². The summed E-state index contributed by atoms with van der Waals surface area (Å²) in [5.74, 6) is 3.34. The lowest BCUT2D eigenvalue weighted by Gasteiger charge is -2.35. The summed E-state index contributed by atoms with van der Waals surface area (Å²) >= 11 is 0. The molecule has 0 amide bonds. The maximum atomic E-state index is 10.1. The summed E-state index contributed by atoms with van der Waals surface area (Å²) < 4.78 is 5.56. The summed E-state index contributed by atoms with van der Waals surface area (Å²) in [5.41, 5.74) is 0.598. The van der Waals surface area contributed by atoms with Gasteiger partial charge in [0.1, 0.15) is 18.5 Å². The van der Waals surface area contributed by atoms with E-state index in [1.165, 1.54) is 0 Å². The quantitative estimate of drug-likeness (QED) is 0.759.